The Hall–Kier alpha value is -1.84. The molecule has 0 aliphatic rings. The van der Waals surface area contributed by atoms with Gasteiger partial charge in [0.15, 0.2) is 0 Å². The third kappa shape index (κ3) is 5.43. The van der Waals surface area contributed by atoms with E-state index in [1.165, 1.54) is 0 Å². The molecule has 0 saturated heterocycles. The number of carbonyl (C=O) groups is 1. The molecule has 0 atom stereocenters. The van der Waals surface area contributed by atoms with Crippen LogP contribution in [0.5, 0.6) is 11.5 Å². The van der Waals surface area contributed by atoms with E-state index in [-0.39, 0.29) is 23.3 Å². The molecule has 0 fully saturated rings. The van der Waals surface area contributed by atoms with Gasteiger partial charge in [-0.25, -0.2) is 0 Å². The number of ether oxygens (including phenoxy) is 1. The minimum atomic E-state index is -0.295. The predicted octanol–water partition coefficient (Wildman–Crippen LogP) is 2.29. The van der Waals surface area contributed by atoms with E-state index in [9.17, 15) is 4.79 Å². The van der Waals surface area contributed by atoms with Crippen LogP contribution in [0.3, 0.4) is 0 Å². The first kappa shape index (κ1) is 18.2. The second-order valence-corrected chi connectivity index (χ2v) is 3.96. The van der Waals surface area contributed by atoms with Gasteiger partial charge in [0.25, 0.3) is 0 Å². The van der Waals surface area contributed by atoms with Crippen LogP contribution in [0.25, 0.3) is 0 Å². The van der Waals surface area contributed by atoms with E-state index in [1.807, 2.05) is 71.2 Å². The summed E-state index contributed by atoms with van der Waals surface area (Å²) in [6.07, 6.45) is 0.232. The molecule has 0 aliphatic heterocycles. The van der Waals surface area contributed by atoms with E-state index in [1.54, 1.807) is 0 Å². The van der Waals surface area contributed by atoms with Gasteiger partial charge in [0.05, 0.1) is 0 Å². The summed E-state index contributed by atoms with van der Waals surface area (Å²) >= 11 is 1.95. The molecule has 6 heteroatoms. The maximum absolute atomic E-state index is 11.2. The Morgan fingerprint density at radius 3 is 2.25 bits per heavy atom. The van der Waals surface area contributed by atoms with Crippen molar-refractivity contribution >= 4 is 22.6 Å². The Morgan fingerprint density at radius 2 is 1.60 bits per heavy atom. The minimum Gasteiger partial charge on any atom is -0.870 e. The van der Waals surface area contributed by atoms with Crippen molar-refractivity contribution in [1.29, 1.82) is 0 Å². The zero-order valence-corrected chi connectivity index (χ0v) is 11.8. The molecule has 0 saturated carbocycles. The van der Waals surface area contributed by atoms with Gasteiger partial charge < -0.3 is 11.0 Å². The summed E-state index contributed by atoms with van der Waals surface area (Å²) in [7, 11) is 0. The van der Waals surface area contributed by atoms with Crippen LogP contribution in [0.1, 0.15) is 5.56 Å². The van der Waals surface area contributed by atoms with Gasteiger partial charge in [-0.1, -0.05) is 0 Å². The number of carbonyl (C=O) groups excluding carboxylic acids is 1. The second-order valence-electron chi connectivity index (χ2n) is 3.73. The molecule has 2 rings (SSSR count). The smallest absolute Gasteiger partial charge is 0.870 e. The van der Waals surface area contributed by atoms with Crippen LogP contribution in [-0.2, 0) is 15.0 Å². The SMILES string of the molecule is O=C(Cc1cccc(Oc2ccccc2)c1)[O][Al+2].[OH-].[OH-]. The number of para-hydroxylation sites is 1. The van der Waals surface area contributed by atoms with Crippen molar-refractivity contribution in [2.45, 2.75) is 6.42 Å². The van der Waals surface area contributed by atoms with Crippen molar-refractivity contribution in [3.8, 4) is 11.5 Å². The maximum atomic E-state index is 11.2. The maximum Gasteiger partial charge on any atom is -0.870 e. The number of benzene rings is 2. The van der Waals surface area contributed by atoms with Crippen molar-refractivity contribution in [1.82, 2.24) is 0 Å². The molecule has 5 nitrogen and oxygen atoms in total. The molecule has 2 aromatic rings. The Labute approximate surface area is 125 Å². The molecular formula is C14H13AlO5. The van der Waals surface area contributed by atoms with Crippen molar-refractivity contribution in [2.75, 3.05) is 0 Å². The number of hydrogen-bond acceptors (Lipinski definition) is 5. The molecule has 0 aromatic heterocycles. The normalized spacial score (nSPS) is 8.90. The quantitative estimate of drug-likeness (QED) is 0.804. The molecule has 0 amide bonds. The zero-order valence-electron chi connectivity index (χ0n) is 10.6. The second kappa shape index (κ2) is 9.13. The molecule has 2 aromatic carbocycles. The zero-order chi connectivity index (χ0) is 12.8. The Kier molecular flexibility index (Phi) is 8.29. The standard InChI is InChI=1S/C14H12O3.Al.2H2O/c15-14(16)10-11-5-4-8-13(9-11)17-12-6-2-1-3-7-12;;;/h1-9H,10H2,(H,15,16);;2*1H2/q;+3;;/p-3. The van der Waals surface area contributed by atoms with Gasteiger partial charge in [-0.2, -0.15) is 0 Å². The van der Waals surface area contributed by atoms with Crippen molar-refractivity contribution in [3.05, 3.63) is 60.2 Å². The molecule has 0 heterocycles. The average Bonchev–Trinajstić information content (AvgIpc) is 2.40. The first-order chi connectivity index (χ1) is 8.78. The Morgan fingerprint density at radius 1 is 0.950 bits per heavy atom. The van der Waals surface area contributed by atoms with Crippen LogP contribution in [0.4, 0.5) is 0 Å². The molecule has 102 valence electrons. The Bertz CT molecular complexity index is 530. The average molecular weight is 288 g/mol. The largest absolute Gasteiger partial charge is 0.870 e. The summed E-state index contributed by atoms with van der Waals surface area (Å²) < 4.78 is 10.2. The van der Waals surface area contributed by atoms with Gasteiger partial charge in [-0.05, 0) is 0 Å². The molecule has 0 aliphatic carbocycles. The first-order valence-electron chi connectivity index (χ1n) is 5.49. The fourth-order valence-corrected chi connectivity index (χ4v) is 1.64. The molecule has 0 spiro atoms. The van der Waals surface area contributed by atoms with Crippen LogP contribution < -0.4 is 4.74 Å². The van der Waals surface area contributed by atoms with Gasteiger partial charge in [0.2, 0.25) is 0 Å². The molecular weight excluding hydrogens is 275 g/mol. The van der Waals surface area contributed by atoms with Gasteiger partial charge in [0.1, 0.15) is 0 Å². The summed E-state index contributed by atoms with van der Waals surface area (Å²) in [6.45, 7) is 0. The summed E-state index contributed by atoms with van der Waals surface area (Å²) in [5, 5.41) is 0. The fraction of sp³-hybridized carbons (Fsp3) is 0.0714. The van der Waals surface area contributed by atoms with Crippen molar-refractivity contribution in [3.63, 3.8) is 0 Å². The molecule has 0 bridgehead atoms. The van der Waals surface area contributed by atoms with Crippen LogP contribution >= 0.6 is 0 Å². The molecule has 0 radical (unpaired) electrons. The van der Waals surface area contributed by atoms with Crippen molar-refractivity contribution in [2.24, 2.45) is 0 Å². The summed E-state index contributed by atoms with van der Waals surface area (Å²) in [5.41, 5.74) is 0.857. The number of hydrogen-bond donors (Lipinski definition) is 0. The van der Waals surface area contributed by atoms with Gasteiger partial charge in [-0.15, -0.1) is 0 Å². The van der Waals surface area contributed by atoms with Crippen LogP contribution in [0.15, 0.2) is 54.6 Å². The van der Waals surface area contributed by atoms with Crippen molar-refractivity contribution < 1.29 is 24.3 Å². The number of rotatable bonds is 4. The van der Waals surface area contributed by atoms with E-state index in [0.29, 0.717) is 5.75 Å². The monoisotopic (exact) mass is 288 g/mol. The first-order valence-corrected chi connectivity index (χ1v) is 5.96. The fourth-order valence-electron chi connectivity index (χ4n) is 1.55. The van der Waals surface area contributed by atoms with E-state index in [0.717, 1.165) is 11.3 Å². The molecule has 2 N–H and O–H groups in total. The summed E-state index contributed by atoms with van der Waals surface area (Å²) in [4.78, 5) is 11.2. The van der Waals surface area contributed by atoms with E-state index in [2.05, 4.69) is 3.79 Å². The van der Waals surface area contributed by atoms with Crippen LogP contribution in [0, 0.1) is 0 Å². The van der Waals surface area contributed by atoms with E-state index in [4.69, 9.17) is 4.74 Å². The third-order valence-corrected chi connectivity index (χ3v) is 2.62. The summed E-state index contributed by atoms with van der Waals surface area (Å²) in [5.74, 6) is 1.18. The van der Waals surface area contributed by atoms with Gasteiger partial charge in [-0.3, -0.25) is 0 Å². The van der Waals surface area contributed by atoms with Crippen LogP contribution in [-0.4, -0.2) is 33.5 Å². The molecule has 0 unspecified atom stereocenters. The summed E-state index contributed by atoms with van der Waals surface area (Å²) in [6, 6.07) is 16.9. The topological polar surface area (TPSA) is 95.5 Å². The predicted molar refractivity (Wildman–Crippen MR) is 72.4 cm³/mol. The Balaban J connectivity index is 0.00000180. The van der Waals surface area contributed by atoms with Crippen LogP contribution in [0.2, 0.25) is 0 Å². The van der Waals surface area contributed by atoms with E-state index < -0.39 is 0 Å². The minimum absolute atomic E-state index is 0. The third-order valence-electron chi connectivity index (χ3n) is 2.36. The molecule has 20 heavy (non-hydrogen) atoms. The van der Waals surface area contributed by atoms with E-state index >= 15 is 0 Å². The van der Waals surface area contributed by atoms with Gasteiger partial charge >= 0.3 is 114 Å². The van der Waals surface area contributed by atoms with Gasteiger partial charge in [0, 0.05) is 0 Å².